The van der Waals surface area contributed by atoms with Gasteiger partial charge in [-0.2, -0.15) is 0 Å². The lowest BCUT2D eigenvalue weighted by Crippen LogP contribution is -2.33. The van der Waals surface area contributed by atoms with Crippen LogP contribution < -0.4 is 0 Å². The van der Waals surface area contributed by atoms with Gasteiger partial charge in [-0.25, -0.2) is 4.68 Å². The third kappa shape index (κ3) is 4.31. The van der Waals surface area contributed by atoms with E-state index in [-0.39, 0.29) is 5.91 Å². The Morgan fingerprint density at radius 1 is 1.11 bits per heavy atom. The van der Waals surface area contributed by atoms with Gasteiger partial charge in [0.1, 0.15) is 0 Å². The van der Waals surface area contributed by atoms with E-state index in [0.29, 0.717) is 18.8 Å². The molecule has 0 saturated heterocycles. The van der Waals surface area contributed by atoms with E-state index in [1.54, 1.807) is 15.7 Å². The van der Waals surface area contributed by atoms with Gasteiger partial charge in [0.15, 0.2) is 5.69 Å². The second kappa shape index (κ2) is 8.45. The van der Waals surface area contributed by atoms with Gasteiger partial charge < -0.3 is 4.90 Å². The average Bonchev–Trinajstić information content (AvgIpc) is 3.07. The van der Waals surface area contributed by atoms with Crippen molar-refractivity contribution in [1.82, 2.24) is 19.9 Å². The van der Waals surface area contributed by atoms with Crippen LogP contribution in [0.3, 0.4) is 0 Å². The smallest absolute Gasteiger partial charge is 0.276 e. The van der Waals surface area contributed by atoms with Crippen LogP contribution in [0.25, 0.3) is 5.69 Å². The van der Waals surface area contributed by atoms with Gasteiger partial charge in [0.05, 0.1) is 11.4 Å². The van der Waals surface area contributed by atoms with Crippen LogP contribution in [0.4, 0.5) is 0 Å². The number of nitrogens with zero attached hydrogens (tertiary/aromatic N) is 4. The maximum atomic E-state index is 13.0. The summed E-state index contributed by atoms with van der Waals surface area (Å²) in [5, 5.41) is 8.35. The number of hydrogen-bond donors (Lipinski definition) is 0. The molecular formula is C22H24N4O. The molecule has 0 spiro atoms. The molecule has 3 aromatic rings. The number of aryl methyl sites for hydroxylation is 1. The molecule has 1 amide bonds. The lowest BCUT2D eigenvalue weighted by molar-refractivity contribution is 0.0769. The zero-order chi connectivity index (χ0) is 19.2. The summed E-state index contributed by atoms with van der Waals surface area (Å²) in [4.78, 5) is 14.8. The maximum absolute atomic E-state index is 13.0. The molecule has 0 aliphatic carbocycles. The van der Waals surface area contributed by atoms with E-state index in [2.05, 4.69) is 29.0 Å². The van der Waals surface area contributed by atoms with E-state index in [1.807, 2.05) is 56.3 Å². The Bertz CT molecular complexity index is 913. The van der Waals surface area contributed by atoms with Crippen molar-refractivity contribution >= 4 is 5.91 Å². The van der Waals surface area contributed by atoms with Crippen molar-refractivity contribution in [2.24, 2.45) is 0 Å². The second-order valence-corrected chi connectivity index (χ2v) is 6.55. The SMILES string of the molecule is C=CCN(CCc1ccccc1)C(=O)c1nnn(-c2ccc(C)cc2)c1C. The van der Waals surface area contributed by atoms with E-state index < -0.39 is 0 Å². The first kappa shape index (κ1) is 18.6. The van der Waals surface area contributed by atoms with Gasteiger partial charge in [-0.05, 0) is 38.0 Å². The number of hydrogen-bond acceptors (Lipinski definition) is 3. The summed E-state index contributed by atoms with van der Waals surface area (Å²) >= 11 is 0. The Morgan fingerprint density at radius 3 is 2.48 bits per heavy atom. The minimum Gasteiger partial charge on any atom is -0.333 e. The van der Waals surface area contributed by atoms with Crippen LogP contribution in [0.2, 0.25) is 0 Å². The zero-order valence-corrected chi connectivity index (χ0v) is 15.8. The standard InChI is InChI=1S/C22H24N4O/c1-4-15-25(16-14-19-8-6-5-7-9-19)22(27)21-18(3)26(24-23-21)20-12-10-17(2)11-13-20/h4-13H,1,14-16H2,2-3H3. The molecule has 2 aromatic carbocycles. The van der Waals surface area contributed by atoms with Crippen LogP contribution in [0, 0.1) is 13.8 Å². The lowest BCUT2D eigenvalue weighted by Gasteiger charge is -2.20. The van der Waals surface area contributed by atoms with E-state index in [0.717, 1.165) is 17.8 Å². The number of carbonyl (C=O) groups is 1. The third-order valence-corrected chi connectivity index (χ3v) is 4.53. The summed E-state index contributed by atoms with van der Waals surface area (Å²) in [7, 11) is 0. The lowest BCUT2D eigenvalue weighted by atomic mass is 10.1. The summed E-state index contributed by atoms with van der Waals surface area (Å²) in [6.07, 6.45) is 2.52. The monoisotopic (exact) mass is 360 g/mol. The fourth-order valence-electron chi connectivity index (χ4n) is 2.95. The molecule has 5 nitrogen and oxygen atoms in total. The highest BCUT2D eigenvalue weighted by molar-refractivity contribution is 5.93. The molecule has 0 bridgehead atoms. The molecule has 0 unspecified atom stereocenters. The van der Waals surface area contributed by atoms with Crippen molar-refractivity contribution in [2.45, 2.75) is 20.3 Å². The number of rotatable bonds is 7. The molecular weight excluding hydrogens is 336 g/mol. The predicted octanol–water partition coefficient (Wildman–Crippen LogP) is 3.76. The molecule has 0 radical (unpaired) electrons. The molecule has 0 N–H and O–H groups in total. The van der Waals surface area contributed by atoms with Crippen molar-refractivity contribution in [3.8, 4) is 5.69 Å². The summed E-state index contributed by atoms with van der Waals surface area (Å²) in [6, 6.07) is 18.1. The highest BCUT2D eigenvalue weighted by Crippen LogP contribution is 2.15. The molecule has 5 heteroatoms. The largest absolute Gasteiger partial charge is 0.333 e. The number of benzene rings is 2. The minimum atomic E-state index is -0.123. The molecule has 3 rings (SSSR count). The van der Waals surface area contributed by atoms with Gasteiger partial charge in [0.25, 0.3) is 5.91 Å². The topological polar surface area (TPSA) is 51.0 Å². The molecule has 0 saturated carbocycles. The minimum absolute atomic E-state index is 0.123. The molecule has 0 fully saturated rings. The average molecular weight is 360 g/mol. The molecule has 1 aromatic heterocycles. The van der Waals surface area contributed by atoms with Gasteiger partial charge in [-0.1, -0.05) is 59.3 Å². The first-order valence-electron chi connectivity index (χ1n) is 9.03. The Morgan fingerprint density at radius 2 is 1.81 bits per heavy atom. The van der Waals surface area contributed by atoms with Crippen molar-refractivity contribution in [2.75, 3.05) is 13.1 Å². The van der Waals surface area contributed by atoms with Crippen molar-refractivity contribution in [1.29, 1.82) is 0 Å². The van der Waals surface area contributed by atoms with Crippen LogP contribution in [-0.2, 0) is 6.42 Å². The fourth-order valence-corrected chi connectivity index (χ4v) is 2.95. The highest BCUT2D eigenvalue weighted by atomic mass is 16.2. The molecule has 0 aliphatic rings. The number of amides is 1. The first-order valence-corrected chi connectivity index (χ1v) is 9.03. The molecule has 1 heterocycles. The Balaban J connectivity index is 1.79. The number of carbonyl (C=O) groups excluding carboxylic acids is 1. The van der Waals surface area contributed by atoms with Gasteiger partial charge >= 0.3 is 0 Å². The molecule has 27 heavy (non-hydrogen) atoms. The summed E-state index contributed by atoms with van der Waals surface area (Å²) in [5.74, 6) is -0.123. The van der Waals surface area contributed by atoms with Crippen LogP contribution >= 0.6 is 0 Å². The van der Waals surface area contributed by atoms with Crippen LogP contribution in [0.1, 0.15) is 27.3 Å². The quantitative estimate of drug-likeness (QED) is 0.603. The highest BCUT2D eigenvalue weighted by Gasteiger charge is 2.22. The molecule has 0 aliphatic heterocycles. The summed E-state index contributed by atoms with van der Waals surface area (Å²) < 4.78 is 1.70. The van der Waals surface area contributed by atoms with E-state index in [9.17, 15) is 4.79 Å². The van der Waals surface area contributed by atoms with E-state index in [4.69, 9.17) is 0 Å². The third-order valence-electron chi connectivity index (χ3n) is 4.53. The van der Waals surface area contributed by atoms with E-state index in [1.165, 1.54) is 11.1 Å². The van der Waals surface area contributed by atoms with E-state index >= 15 is 0 Å². The normalized spacial score (nSPS) is 10.6. The van der Waals surface area contributed by atoms with Crippen LogP contribution in [0.15, 0.2) is 67.3 Å². The molecule has 138 valence electrons. The second-order valence-electron chi connectivity index (χ2n) is 6.55. The maximum Gasteiger partial charge on any atom is 0.276 e. The Hall–Kier alpha value is -3.21. The van der Waals surface area contributed by atoms with Crippen LogP contribution in [0.5, 0.6) is 0 Å². The van der Waals surface area contributed by atoms with Crippen molar-refractivity contribution in [3.05, 3.63) is 89.8 Å². The van der Waals surface area contributed by atoms with Crippen molar-refractivity contribution in [3.63, 3.8) is 0 Å². The summed E-state index contributed by atoms with van der Waals surface area (Å²) in [5.41, 5.74) is 4.37. The van der Waals surface area contributed by atoms with Gasteiger partial charge in [0.2, 0.25) is 0 Å². The van der Waals surface area contributed by atoms with Crippen molar-refractivity contribution < 1.29 is 4.79 Å². The first-order chi connectivity index (χ1) is 13.1. The Labute approximate surface area is 159 Å². The predicted molar refractivity (Wildman–Crippen MR) is 107 cm³/mol. The van der Waals surface area contributed by atoms with Gasteiger partial charge in [-0.15, -0.1) is 11.7 Å². The number of aromatic nitrogens is 3. The summed E-state index contributed by atoms with van der Waals surface area (Å²) in [6.45, 7) is 8.76. The van der Waals surface area contributed by atoms with Crippen LogP contribution in [-0.4, -0.2) is 38.9 Å². The molecule has 0 atom stereocenters. The zero-order valence-electron chi connectivity index (χ0n) is 15.8. The van der Waals surface area contributed by atoms with Gasteiger partial charge in [-0.3, -0.25) is 4.79 Å². The van der Waals surface area contributed by atoms with Gasteiger partial charge in [0, 0.05) is 13.1 Å². The Kier molecular flexibility index (Phi) is 5.81. The fraction of sp³-hybridized carbons (Fsp3) is 0.227.